The smallest absolute Gasteiger partial charge is 0.192 e. The molecule has 0 aromatic carbocycles. The second-order valence-electron chi connectivity index (χ2n) is 8.00. The minimum atomic E-state index is -1.69. The SMILES string of the molecule is CC(C)(C)[Si](C)(C)O[C@]12CCC[C@@H]1C[C@@H](CO)C2. The third-order valence-corrected chi connectivity index (χ3v) is 10.2. The van der Waals surface area contributed by atoms with E-state index in [0.717, 1.165) is 6.42 Å². The average Bonchev–Trinajstić information content (AvgIpc) is 2.70. The summed E-state index contributed by atoms with van der Waals surface area (Å²) in [6.07, 6.45) is 6.13. The molecule has 2 saturated carbocycles. The van der Waals surface area contributed by atoms with E-state index in [1.807, 2.05) is 0 Å². The monoisotopic (exact) mass is 270 g/mol. The highest BCUT2D eigenvalue weighted by Gasteiger charge is 2.54. The van der Waals surface area contributed by atoms with Gasteiger partial charge in [-0.05, 0) is 55.7 Å². The van der Waals surface area contributed by atoms with Crippen molar-refractivity contribution in [1.82, 2.24) is 0 Å². The maximum Gasteiger partial charge on any atom is 0.192 e. The Morgan fingerprint density at radius 3 is 2.56 bits per heavy atom. The highest BCUT2D eigenvalue weighted by Crippen LogP contribution is 2.55. The van der Waals surface area contributed by atoms with Gasteiger partial charge in [-0.15, -0.1) is 0 Å². The van der Waals surface area contributed by atoms with Crippen LogP contribution in [0.3, 0.4) is 0 Å². The molecule has 2 aliphatic carbocycles. The van der Waals surface area contributed by atoms with Crippen LogP contribution < -0.4 is 0 Å². The van der Waals surface area contributed by atoms with E-state index in [9.17, 15) is 5.11 Å². The lowest BCUT2D eigenvalue weighted by molar-refractivity contribution is 0.0315. The summed E-state index contributed by atoms with van der Waals surface area (Å²) in [5.41, 5.74) is 0.121. The third-order valence-electron chi connectivity index (χ3n) is 5.67. The Morgan fingerprint density at radius 2 is 2.00 bits per heavy atom. The molecule has 106 valence electrons. The molecule has 0 aromatic heterocycles. The standard InChI is InChI=1S/C15H30O2Si/c1-14(2,3)18(4,5)17-15-8-6-7-13(15)9-12(10-15)11-16/h12-13,16H,6-11H2,1-5H3/t12-,13-,15+/m1/s1. The first-order valence-corrected chi connectivity index (χ1v) is 10.4. The van der Waals surface area contributed by atoms with Gasteiger partial charge in [0.15, 0.2) is 8.32 Å². The van der Waals surface area contributed by atoms with Crippen LogP contribution in [0.4, 0.5) is 0 Å². The summed E-state index contributed by atoms with van der Waals surface area (Å²) in [5.74, 6) is 1.20. The lowest BCUT2D eigenvalue weighted by Gasteiger charge is -2.45. The van der Waals surface area contributed by atoms with Gasteiger partial charge in [-0.2, -0.15) is 0 Å². The second kappa shape index (κ2) is 4.60. The predicted octanol–water partition coefficient (Wildman–Crippen LogP) is 3.95. The fourth-order valence-corrected chi connectivity index (χ4v) is 5.34. The first-order valence-electron chi connectivity index (χ1n) is 7.51. The van der Waals surface area contributed by atoms with Crippen molar-refractivity contribution in [3.8, 4) is 0 Å². The van der Waals surface area contributed by atoms with Crippen LogP contribution in [0.5, 0.6) is 0 Å². The average molecular weight is 270 g/mol. The molecule has 0 amide bonds. The topological polar surface area (TPSA) is 29.5 Å². The first kappa shape index (κ1) is 14.5. The van der Waals surface area contributed by atoms with E-state index < -0.39 is 8.32 Å². The Morgan fingerprint density at radius 1 is 1.33 bits per heavy atom. The summed E-state index contributed by atoms with van der Waals surface area (Å²) >= 11 is 0. The maximum atomic E-state index is 9.45. The summed E-state index contributed by atoms with van der Waals surface area (Å²) in [7, 11) is -1.69. The zero-order chi connectivity index (χ0) is 13.6. The van der Waals surface area contributed by atoms with Crippen molar-refractivity contribution in [2.45, 2.75) is 76.6 Å². The Balaban J connectivity index is 2.16. The molecule has 0 radical (unpaired) electrons. The molecule has 2 fully saturated rings. The van der Waals surface area contributed by atoms with Gasteiger partial charge in [-0.1, -0.05) is 27.2 Å². The van der Waals surface area contributed by atoms with Gasteiger partial charge in [0.25, 0.3) is 0 Å². The molecule has 0 heterocycles. The first-order chi connectivity index (χ1) is 8.20. The van der Waals surface area contributed by atoms with E-state index in [0.29, 0.717) is 18.4 Å². The van der Waals surface area contributed by atoms with Gasteiger partial charge < -0.3 is 9.53 Å². The Kier molecular flexibility index (Phi) is 3.72. The largest absolute Gasteiger partial charge is 0.411 e. The molecule has 0 unspecified atom stereocenters. The van der Waals surface area contributed by atoms with E-state index in [1.165, 1.54) is 25.7 Å². The molecule has 0 saturated heterocycles. The van der Waals surface area contributed by atoms with Crippen LogP contribution >= 0.6 is 0 Å². The van der Waals surface area contributed by atoms with Gasteiger partial charge in [0, 0.05) is 6.61 Å². The lowest BCUT2D eigenvalue weighted by Crippen LogP contribution is -2.50. The maximum absolute atomic E-state index is 9.45. The molecule has 3 atom stereocenters. The van der Waals surface area contributed by atoms with E-state index in [1.54, 1.807) is 0 Å². The third kappa shape index (κ3) is 2.41. The molecule has 2 aliphatic rings. The fraction of sp³-hybridized carbons (Fsp3) is 1.00. The normalized spacial score (nSPS) is 37.0. The van der Waals surface area contributed by atoms with Crippen LogP contribution in [0, 0.1) is 11.8 Å². The molecule has 1 N–H and O–H groups in total. The highest BCUT2D eigenvalue weighted by molar-refractivity contribution is 6.74. The predicted molar refractivity (Wildman–Crippen MR) is 78.2 cm³/mol. The van der Waals surface area contributed by atoms with Crippen molar-refractivity contribution in [1.29, 1.82) is 0 Å². The number of aliphatic hydroxyl groups is 1. The van der Waals surface area contributed by atoms with Crippen molar-refractivity contribution in [3.05, 3.63) is 0 Å². The molecule has 0 spiro atoms. The quantitative estimate of drug-likeness (QED) is 0.787. The summed E-state index contributed by atoms with van der Waals surface area (Å²) in [6, 6.07) is 0. The molecule has 18 heavy (non-hydrogen) atoms. The summed E-state index contributed by atoms with van der Waals surface area (Å²) < 4.78 is 6.83. The van der Waals surface area contributed by atoms with Crippen LogP contribution in [-0.2, 0) is 4.43 Å². The van der Waals surface area contributed by atoms with Crippen LogP contribution in [-0.4, -0.2) is 25.6 Å². The van der Waals surface area contributed by atoms with E-state index in [4.69, 9.17) is 4.43 Å². The van der Waals surface area contributed by atoms with Crippen LogP contribution in [0.25, 0.3) is 0 Å². The molecule has 0 bridgehead atoms. The molecule has 2 rings (SSSR count). The Bertz CT molecular complexity index is 308. The van der Waals surface area contributed by atoms with Crippen molar-refractivity contribution in [3.63, 3.8) is 0 Å². The van der Waals surface area contributed by atoms with Gasteiger partial charge in [-0.3, -0.25) is 0 Å². The minimum absolute atomic E-state index is 0.121. The summed E-state index contributed by atoms with van der Waals surface area (Å²) in [4.78, 5) is 0. The van der Waals surface area contributed by atoms with Gasteiger partial charge in [0.1, 0.15) is 0 Å². The Labute approximate surface area is 113 Å². The molecule has 2 nitrogen and oxygen atoms in total. The number of hydrogen-bond donors (Lipinski definition) is 1. The van der Waals surface area contributed by atoms with Crippen LogP contribution in [0.1, 0.15) is 52.9 Å². The molecule has 0 aromatic rings. The number of rotatable bonds is 3. The van der Waals surface area contributed by atoms with Crippen molar-refractivity contribution < 1.29 is 9.53 Å². The van der Waals surface area contributed by atoms with Crippen molar-refractivity contribution in [2.24, 2.45) is 11.8 Å². The van der Waals surface area contributed by atoms with Crippen LogP contribution in [0.2, 0.25) is 18.1 Å². The fourth-order valence-electron chi connectivity index (χ4n) is 3.67. The van der Waals surface area contributed by atoms with Crippen molar-refractivity contribution >= 4 is 8.32 Å². The highest BCUT2D eigenvalue weighted by atomic mass is 28.4. The molecule has 0 aliphatic heterocycles. The van der Waals surface area contributed by atoms with Gasteiger partial charge >= 0.3 is 0 Å². The van der Waals surface area contributed by atoms with Crippen molar-refractivity contribution in [2.75, 3.05) is 6.61 Å². The van der Waals surface area contributed by atoms with Gasteiger partial charge in [0.2, 0.25) is 0 Å². The van der Waals surface area contributed by atoms with E-state index >= 15 is 0 Å². The lowest BCUT2D eigenvalue weighted by atomic mass is 9.95. The number of fused-ring (bicyclic) bond motifs is 1. The second-order valence-corrected chi connectivity index (χ2v) is 12.7. The van der Waals surface area contributed by atoms with E-state index in [-0.39, 0.29) is 10.6 Å². The van der Waals surface area contributed by atoms with Gasteiger partial charge in [0.05, 0.1) is 5.60 Å². The molecular formula is C15H30O2Si. The zero-order valence-electron chi connectivity index (χ0n) is 12.8. The summed E-state index contributed by atoms with van der Waals surface area (Å²) in [5, 5.41) is 9.73. The number of aliphatic hydroxyl groups excluding tert-OH is 1. The molecular weight excluding hydrogens is 240 g/mol. The number of hydrogen-bond acceptors (Lipinski definition) is 2. The van der Waals surface area contributed by atoms with Gasteiger partial charge in [-0.25, -0.2) is 0 Å². The summed E-state index contributed by atoms with van der Waals surface area (Å²) in [6.45, 7) is 12.0. The van der Waals surface area contributed by atoms with Crippen LogP contribution in [0.15, 0.2) is 0 Å². The minimum Gasteiger partial charge on any atom is -0.411 e. The Hall–Kier alpha value is 0.137. The van der Waals surface area contributed by atoms with E-state index in [2.05, 4.69) is 33.9 Å². The molecule has 3 heteroatoms. The zero-order valence-corrected chi connectivity index (χ0v) is 13.8.